The van der Waals surface area contributed by atoms with Crippen molar-refractivity contribution in [1.82, 2.24) is 0 Å². The molecule has 1 fully saturated rings. The summed E-state index contributed by atoms with van der Waals surface area (Å²) in [6.45, 7) is 7.11. The third kappa shape index (κ3) is 6.91. The van der Waals surface area contributed by atoms with Crippen molar-refractivity contribution >= 4 is 29.0 Å². The standard InChI is InChI=1S/C30H36N2O2S/c1-22(2)24-7-9-25(10-8-24)29-15-13-28(35-29)14-16-30(33)31-26-11-5-23(6-12-26)21-32(3,4)27-17-19-34-20-18-27/h5-16,22,27H,17-21H2,1-4H3/p+1. The van der Waals surface area contributed by atoms with Crippen molar-refractivity contribution in [3.05, 3.63) is 82.7 Å². The number of amides is 1. The van der Waals surface area contributed by atoms with Crippen LogP contribution in [0.1, 0.15) is 48.6 Å². The van der Waals surface area contributed by atoms with Gasteiger partial charge in [0.15, 0.2) is 0 Å². The van der Waals surface area contributed by atoms with Crippen molar-refractivity contribution < 1.29 is 14.0 Å². The Labute approximate surface area is 213 Å². The normalized spacial score (nSPS) is 15.1. The lowest BCUT2D eigenvalue weighted by atomic mass is 10.0. The van der Waals surface area contributed by atoms with Gasteiger partial charge < -0.3 is 14.5 Å². The predicted molar refractivity (Wildman–Crippen MR) is 148 cm³/mol. The molecule has 2 aromatic carbocycles. The molecule has 4 nitrogen and oxygen atoms in total. The fraction of sp³-hybridized carbons (Fsp3) is 0.367. The Morgan fingerprint density at radius 1 is 1.03 bits per heavy atom. The van der Waals surface area contributed by atoms with Crippen LogP contribution >= 0.6 is 11.3 Å². The average molecular weight is 490 g/mol. The molecular weight excluding hydrogens is 452 g/mol. The number of anilines is 1. The van der Waals surface area contributed by atoms with Crippen molar-refractivity contribution in [2.45, 2.75) is 45.2 Å². The van der Waals surface area contributed by atoms with E-state index in [4.69, 9.17) is 4.74 Å². The molecule has 0 unspecified atom stereocenters. The van der Waals surface area contributed by atoms with Crippen LogP contribution in [0.15, 0.2) is 66.7 Å². The zero-order valence-electron chi connectivity index (χ0n) is 21.3. The quantitative estimate of drug-likeness (QED) is 0.275. The number of thiophene rings is 1. The first-order valence-corrected chi connectivity index (χ1v) is 13.3. The van der Waals surface area contributed by atoms with Crippen molar-refractivity contribution in [2.75, 3.05) is 32.6 Å². The lowest BCUT2D eigenvalue weighted by Gasteiger charge is -2.40. The van der Waals surface area contributed by atoms with Crippen molar-refractivity contribution in [1.29, 1.82) is 0 Å². The number of rotatable bonds is 8. The van der Waals surface area contributed by atoms with Gasteiger partial charge in [-0.15, -0.1) is 11.3 Å². The highest BCUT2D eigenvalue weighted by Crippen LogP contribution is 2.30. The molecule has 1 amide bonds. The van der Waals surface area contributed by atoms with E-state index in [1.807, 2.05) is 18.2 Å². The fourth-order valence-corrected chi connectivity index (χ4v) is 5.56. The van der Waals surface area contributed by atoms with Crippen LogP contribution in [0.3, 0.4) is 0 Å². The Hall–Kier alpha value is -2.73. The highest BCUT2D eigenvalue weighted by Gasteiger charge is 2.30. The maximum Gasteiger partial charge on any atom is 0.248 e. The van der Waals surface area contributed by atoms with Gasteiger partial charge in [-0.05, 0) is 47.4 Å². The fourth-order valence-electron chi connectivity index (χ4n) is 4.65. The second-order valence-electron chi connectivity index (χ2n) is 10.3. The Morgan fingerprint density at radius 3 is 2.37 bits per heavy atom. The first-order valence-electron chi connectivity index (χ1n) is 12.5. The molecule has 1 saturated heterocycles. The number of nitrogens with zero attached hydrogens (tertiary/aromatic N) is 1. The minimum absolute atomic E-state index is 0.118. The first kappa shape index (κ1) is 25.4. The number of hydrogen-bond acceptors (Lipinski definition) is 3. The summed E-state index contributed by atoms with van der Waals surface area (Å²) in [4.78, 5) is 14.7. The van der Waals surface area contributed by atoms with Gasteiger partial charge in [0.1, 0.15) is 6.54 Å². The van der Waals surface area contributed by atoms with E-state index < -0.39 is 0 Å². The number of quaternary nitrogens is 1. The van der Waals surface area contributed by atoms with Crippen molar-refractivity contribution in [2.24, 2.45) is 0 Å². The number of carbonyl (C=O) groups excluding carboxylic acids is 1. The van der Waals surface area contributed by atoms with Crippen LogP contribution < -0.4 is 5.32 Å². The number of carbonyl (C=O) groups is 1. The number of ether oxygens (including phenoxy) is 1. The summed E-state index contributed by atoms with van der Waals surface area (Å²) in [5.74, 6) is 0.413. The smallest absolute Gasteiger partial charge is 0.248 e. The summed E-state index contributed by atoms with van der Waals surface area (Å²) < 4.78 is 6.48. The third-order valence-electron chi connectivity index (χ3n) is 6.88. The van der Waals surface area contributed by atoms with E-state index in [1.54, 1.807) is 17.4 Å². The van der Waals surface area contributed by atoms with E-state index >= 15 is 0 Å². The molecule has 0 spiro atoms. The molecule has 1 aliphatic rings. The Morgan fingerprint density at radius 2 is 1.71 bits per heavy atom. The summed E-state index contributed by atoms with van der Waals surface area (Å²) in [7, 11) is 4.60. The highest BCUT2D eigenvalue weighted by atomic mass is 32.1. The molecule has 0 saturated carbocycles. The van der Waals surface area contributed by atoms with Gasteiger partial charge in [-0.1, -0.05) is 50.2 Å². The Kier molecular flexibility index (Phi) is 8.22. The minimum Gasteiger partial charge on any atom is -0.381 e. The molecule has 0 atom stereocenters. The van der Waals surface area contributed by atoms with Crippen LogP contribution in [0.2, 0.25) is 0 Å². The molecule has 1 aromatic heterocycles. The monoisotopic (exact) mass is 489 g/mol. The topological polar surface area (TPSA) is 38.3 Å². The zero-order valence-corrected chi connectivity index (χ0v) is 22.1. The molecule has 0 aliphatic carbocycles. The molecule has 2 heterocycles. The van der Waals surface area contributed by atoms with Gasteiger partial charge >= 0.3 is 0 Å². The molecular formula is C30H37N2O2S+. The van der Waals surface area contributed by atoms with Gasteiger partial charge in [0.05, 0.1) is 33.4 Å². The van der Waals surface area contributed by atoms with Crippen LogP contribution in [-0.4, -0.2) is 43.7 Å². The lowest BCUT2D eigenvalue weighted by molar-refractivity contribution is -0.929. The van der Waals surface area contributed by atoms with Crippen LogP contribution in [0, 0.1) is 0 Å². The number of benzene rings is 2. The van der Waals surface area contributed by atoms with Gasteiger partial charge in [0, 0.05) is 39.9 Å². The van der Waals surface area contributed by atoms with E-state index in [2.05, 4.69) is 81.8 Å². The summed E-state index contributed by atoms with van der Waals surface area (Å²) in [6, 6.07) is 21.8. The van der Waals surface area contributed by atoms with E-state index in [1.165, 1.54) is 21.6 Å². The maximum absolute atomic E-state index is 12.5. The van der Waals surface area contributed by atoms with Gasteiger partial charge in [-0.2, -0.15) is 0 Å². The highest BCUT2D eigenvalue weighted by molar-refractivity contribution is 7.16. The molecule has 3 aromatic rings. The number of hydrogen-bond donors (Lipinski definition) is 1. The van der Waals surface area contributed by atoms with E-state index in [-0.39, 0.29) is 5.91 Å². The molecule has 184 valence electrons. The van der Waals surface area contributed by atoms with Crippen LogP contribution in [-0.2, 0) is 16.1 Å². The average Bonchev–Trinajstić information content (AvgIpc) is 3.34. The second kappa shape index (κ2) is 11.3. The molecule has 35 heavy (non-hydrogen) atoms. The summed E-state index contributed by atoms with van der Waals surface area (Å²) in [6.07, 6.45) is 5.72. The van der Waals surface area contributed by atoms with E-state index in [0.29, 0.717) is 12.0 Å². The van der Waals surface area contributed by atoms with Crippen LogP contribution in [0.5, 0.6) is 0 Å². The third-order valence-corrected chi connectivity index (χ3v) is 7.98. The second-order valence-corrected chi connectivity index (χ2v) is 11.4. The molecule has 1 N–H and O–H groups in total. The van der Waals surface area contributed by atoms with Crippen LogP contribution in [0.4, 0.5) is 5.69 Å². The molecule has 0 bridgehead atoms. The first-order chi connectivity index (χ1) is 16.8. The summed E-state index contributed by atoms with van der Waals surface area (Å²) in [5, 5.41) is 2.98. The maximum atomic E-state index is 12.5. The van der Waals surface area contributed by atoms with Gasteiger partial charge in [-0.25, -0.2) is 0 Å². The Bertz CT molecular complexity index is 1140. The van der Waals surface area contributed by atoms with Crippen molar-refractivity contribution in [3.8, 4) is 10.4 Å². The summed E-state index contributed by atoms with van der Waals surface area (Å²) in [5.41, 5.74) is 4.65. The Balaban J connectivity index is 1.31. The van der Waals surface area contributed by atoms with Gasteiger partial charge in [0.2, 0.25) is 5.91 Å². The van der Waals surface area contributed by atoms with E-state index in [0.717, 1.165) is 47.6 Å². The molecule has 5 heteroatoms. The van der Waals surface area contributed by atoms with Gasteiger partial charge in [-0.3, -0.25) is 4.79 Å². The molecule has 0 radical (unpaired) electrons. The van der Waals surface area contributed by atoms with Crippen molar-refractivity contribution in [3.63, 3.8) is 0 Å². The summed E-state index contributed by atoms with van der Waals surface area (Å²) >= 11 is 1.69. The minimum atomic E-state index is -0.118. The molecule has 1 aliphatic heterocycles. The SMILES string of the molecule is CC(C)c1ccc(-c2ccc(C=CC(=O)Nc3ccc(C[N+](C)(C)C4CCOCC4)cc3)s2)cc1. The van der Waals surface area contributed by atoms with Crippen LogP contribution in [0.25, 0.3) is 16.5 Å². The van der Waals surface area contributed by atoms with E-state index in [9.17, 15) is 4.79 Å². The lowest BCUT2D eigenvalue weighted by Crippen LogP contribution is -2.50. The zero-order chi connectivity index (χ0) is 24.8. The largest absolute Gasteiger partial charge is 0.381 e. The number of nitrogens with one attached hydrogen (secondary N) is 1. The predicted octanol–water partition coefficient (Wildman–Crippen LogP) is 6.95. The van der Waals surface area contributed by atoms with Gasteiger partial charge in [0.25, 0.3) is 0 Å². The molecule has 4 rings (SSSR count).